The second-order valence-electron chi connectivity index (χ2n) is 6.45. The van der Waals surface area contributed by atoms with Crippen LogP contribution in [0, 0.1) is 0 Å². The lowest BCUT2D eigenvalue weighted by Crippen LogP contribution is -2.44. The predicted molar refractivity (Wildman–Crippen MR) is 90.0 cm³/mol. The van der Waals surface area contributed by atoms with E-state index < -0.39 is 0 Å². The van der Waals surface area contributed by atoms with Crippen LogP contribution in [0.1, 0.15) is 18.4 Å². The zero-order valence-electron chi connectivity index (χ0n) is 13.5. The van der Waals surface area contributed by atoms with Gasteiger partial charge in [0, 0.05) is 45.8 Å². The fourth-order valence-electron chi connectivity index (χ4n) is 3.42. The lowest BCUT2D eigenvalue weighted by molar-refractivity contribution is -0.0364. The van der Waals surface area contributed by atoms with Gasteiger partial charge in [-0.2, -0.15) is 0 Å². The van der Waals surface area contributed by atoms with Crippen molar-refractivity contribution in [2.24, 2.45) is 0 Å². The smallest absolute Gasteiger partial charge is 0.0703 e. The van der Waals surface area contributed by atoms with Crippen molar-refractivity contribution in [3.63, 3.8) is 0 Å². The van der Waals surface area contributed by atoms with Gasteiger partial charge in [-0.25, -0.2) is 0 Å². The van der Waals surface area contributed by atoms with Gasteiger partial charge < -0.3 is 15.0 Å². The third-order valence-corrected chi connectivity index (χ3v) is 4.68. The van der Waals surface area contributed by atoms with E-state index in [1.165, 1.54) is 38.0 Å². The standard InChI is InChI=1S/C18H29N3O/c1-2-5-17(6-3-1)15-21-13-14-22-18(16-21)7-4-10-20-11-8-19-9-12-20/h1-3,5-6,18-19H,4,7-16H2. The Morgan fingerprint density at radius 3 is 2.68 bits per heavy atom. The molecule has 1 atom stereocenters. The van der Waals surface area contributed by atoms with Gasteiger partial charge in [0.05, 0.1) is 12.7 Å². The van der Waals surface area contributed by atoms with Crippen LogP contribution >= 0.6 is 0 Å². The summed E-state index contributed by atoms with van der Waals surface area (Å²) in [6.45, 7) is 9.98. The molecule has 1 aromatic rings. The first kappa shape index (κ1) is 15.9. The lowest BCUT2D eigenvalue weighted by atomic mass is 10.1. The van der Waals surface area contributed by atoms with Crippen LogP contribution in [0.25, 0.3) is 0 Å². The van der Waals surface area contributed by atoms with Gasteiger partial charge in [0.2, 0.25) is 0 Å². The number of rotatable bonds is 6. The Hall–Kier alpha value is -0.940. The molecule has 0 radical (unpaired) electrons. The minimum atomic E-state index is 0.417. The van der Waals surface area contributed by atoms with Gasteiger partial charge in [0.1, 0.15) is 0 Å². The molecule has 0 bridgehead atoms. The van der Waals surface area contributed by atoms with E-state index in [1.54, 1.807) is 0 Å². The summed E-state index contributed by atoms with van der Waals surface area (Å²) in [7, 11) is 0. The fourth-order valence-corrected chi connectivity index (χ4v) is 3.42. The van der Waals surface area contributed by atoms with Crippen molar-refractivity contribution in [1.29, 1.82) is 0 Å². The highest BCUT2D eigenvalue weighted by atomic mass is 16.5. The van der Waals surface area contributed by atoms with Crippen LogP contribution in [-0.4, -0.2) is 68.3 Å². The molecule has 0 spiro atoms. The Morgan fingerprint density at radius 1 is 1.05 bits per heavy atom. The molecule has 1 N–H and O–H groups in total. The van der Waals surface area contributed by atoms with E-state index in [1.807, 2.05) is 0 Å². The number of ether oxygens (including phenoxy) is 1. The van der Waals surface area contributed by atoms with Crippen molar-refractivity contribution in [3.05, 3.63) is 35.9 Å². The molecule has 0 amide bonds. The minimum absolute atomic E-state index is 0.417. The molecular weight excluding hydrogens is 274 g/mol. The van der Waals surface area contributed by atoms with E-state index in [0.29, 0.717) is 6.10 Å². The van der Waals surface area contributed by atoms with Gasteiger partial charge in [-0.15, -0.1) is 0 Å². The third kappa shape index (κ3) is 5.06. The molecule has 0 aromatic heterocycles. The number of benzene rings is 1. The molecule has 1 unspecified atom stereocenters. The number of hydrogen-bond donors (Lipinski definition) is 1. The van der Waals surface area contributed by atoms with Crippen LogP contribution in [-0.2, 0) is 11.3 Å². The van der Waals surface area contributed by atoms with Crippen LogP contribution in [0.4, 0.5) is 0 Å². The summed E-state index contributed by atoms with van der Waals surface area (Å²) in [5, 5.41) is 3.41. The van der Waals surface area contributed by atoms with Crippen LogP contribution in [0.15, 0.2) is 30.3 Å². The number of nitrogens with one attached hydrogen (secondary N) is 1. The monoisotopic (exact) mass is 303 g/mol. The van der Waals surface area contributed by atoms with Crippen LogP contribution in [0.2, 0.25) is 0 Å². The van der Waals surface area contributed by atoms with Crippen molar-refractivity contribution in [2.75, 3.05) is 52.4 Å². The Morgan fingerprint density at radius 2 is 1.86 bits per heavy atom. The molecule has 122 valence electrons. The first-order chi connectivity index (χ1) is 10.9. The van der Waals surface area contributed by atoms with E-state index in [2.05, 4.69) is 45.4 Å². The topological polar surface area (TPSA) is 27.7 Å². The summed E-state index contributed by atoms with van der Waals surface area (Å²) in [4.78, 5) is 5.11. The Kier molecular flexibility index (Phi) is 6.25. The van der Waals surface area contributed by atoms with Crippen LogP contribution in [0.5, 0.6) is 0 Å². The Bertz CT molecular complexity index is 420. The molecule has 3 rings (SSSR count). The highest BCUT2D eigenvalue weighted by molar-refractivity contribution is 5.14. The van der Waals surface area contributed by atoms with Crippen molar-refractivity contribution >= 4 is 0 Å². The first-order valence-electron chi connectivity index (χ1n) is 8.71. The molecule has 2 saturated heterocycles. The highest BCUT2D eigenvalue weighted by Gasteiger charge is 2.20. The summed E-state index contributed by atoms with van der Waals surface area (Å²) < 4.78 is 5.96. The van der Waals surface area contributed by atoms with Crippen molar-refractivity contribution < 1.29 is 4.74 Å². The first-order valence-corrected chi connectivity index (χ1v) is 8.71. The number of nitrogens with zero attached hydrogens (tertiary/aromatic N) is 2. The number of piperazine rings is 1. The van der Waals surface area contributed by atoms with E-state index >= 15 is 0 Å². The van der Waals surface area contributed by atoms with Crippen LogP contribution in [0.3, 0.4) is 0 Å². The van der Waals surface area contributed by atoms with Gasteiger partial charge in [0.25, 0.3) is 0 Å². The van der Waals surface area contributed by atoms with E-state index in [0.717, 1.165) is 39.3 Å². The summed E-state index contributed by atoms with van der Waals surface area (Å²) in [5.74, 6) is 0. The van der Waals surface area contributed by atoms with Crippen molar-refractivity contribution in [3.8, 4) is 0 Å². The Labute approximate surface area is 134 Å². The molecule has 2 heterocycles. The molecule has 1 aromatic carbocycles. The lowest BCUT2D eigenvalue weighted by Gasteiger charge is -2.33. The molecule has 2 fully saturated rings. The number of hydrogen-bond acceptors (Lipinski definition) is 4. The second-order valence-corrected chi connectivity index (χ2v) is 6.45. The molecule has 0 aliphatic carbocycles. The van der Waals surface area contributed by atoms with Gasteiger partial charge in [-0.05, 0) is 24.9 Å². The van der Waals surface area contributed by atoms with E-state index in [9.17, 15) is 0 Å². The SMILES string of the molecule is c1ccc(CN2CCOC(CCCN3CCNCC3)C2)cc1. The minimum Gasteiger partial charge on any atom is -0.376 e. The predicted octanol–water partition coefficient (Wildman–Crippen LogP) is 1.57. The third-order valence-electron chi connectivity index (χ3n) is 4.68. The normalized spacial score (nSPS) is 24.5. The van der Waals surface area contributed by atoms with Gasteiger partial charge >= 0.3 is 0 Å². The van der Waals surface area contributed by atoms with Gasteiger partial charge in [0.15, 0.2) is 0 Å². The summed E-state index contributed by atoms with van der Waals surface area (Å²) in [6, 6.07) is 10.8. The van der Waals surface area contributed by atoms with Gasteiger partial charge in [-0.3, -0.25) is 4.90 Å². The average Bonchev–Trinajstić information content (AvgIpc) is 2.57. The second kappa shape index (κ2) is 8.63. The van der Waals surface area contributed by atoms with E-state index in [-0.39, 0.29) is 0 Å². The molecule has 2 aliphatic heterocycles. The Balaban J connectivity index is 1.37. The highest BCUT2D eigenvalue weighted by Crippen LogP contribution is 2.14. The maximum atomic E-state index is 5.96. The van der Waals surface area contributed by atoms with Crippen molar-refractivity contribution in [1.82, 2.24) is 15.1 Å². The summed E-state index contributed by atoms with van der Waals surface area (Å²) in [5.41, 5.74) is 1.41. The molecule has 2 aliphatic rings. The molecule has 0 saturated carbocycles. The van der Waals surface area contributed by atoms with Gasteiger partial charge in [-0.1, -0.05) is 30.3 Å². The largest absolute Gasteiger partial charge is 0.376 e. The zero-order valence-corrected chi connectivity index (χ0v) is 13.5. The van der Waals surface area contributed by atoms with Crippen molar-refractivity contribution in [2.45, 2.75) is 25.5 Å². The maximum absolute atomic E-state index is 5.96. The quantitative estimate of drug-likeness (QED) is 0.863. The zero-order chi connectivity index (χ0) is 15.0. The fraction of sp³-hybridized carbons (Fsp3) is 0.667. The average molecular weight is 303 g/mol. The summed E-state index contributed by atoms with van der Waals surface area (Å²) in [6.07, 6.45) is 2.86. The summed E-state index contributed by atoms with van der Waals surface area (Å²) >= 11 is 0. The molecule has 4 heteroatoms. The maximum Gasteiger partial charge on any atom is 0.0703 e. The van der Waals surface area contributed by atoms with Crippen LogP contribution < -0.4 is 5.32 Å². The number of morpholine rings is 1. The molecule has 22 heavy (non-hydrogen) atoms. The molecular formula is C18H29N3O. The van der Waals surface area contributed by atoms with E-state index in [4.69, 9.17) is 4.74 Å². The molecule has 4 nitrogen and oxygen atoms in total.